The summed E-state index contributed by atoms with van der Waals surface area (Å²) >= 11 is 5.42. The molecule has 0 aliphatic heterocycles. The second kappa shape index (κ2) is 3.62. The van der Waals surface area contributed by atoms with Crippen LogP contribution in [0.2, 0.25) is 0 Å². The van der Waals surface area contributed by atoms with E-state index in [1.807, 2.05) is 7.05 Å². The van der Waals surface area contributed by atoms with Gasteiger partial charge in [-0.25, -0.2) is 0 Å². The maximum atomic E-state index is 3.63. The molecule has 0 aromatic carbocycles. The van der Waals surface area contributed by atoms with E-state index in [-0.39, 0.29) is 0 Å². The third-order valence-corrected chi connectivity index (χ3v) is 5.20. The van der Waals surface area contributed by atoms with Gasteiger partial charge in [-0.1, -0.05) is 13.8 Å². The first kappa shape index (κ1) is 10.7. The predicted molar refractivity (Wildman–Crippen MR) is 66.0 cm³/mol. The zero-order valence-electron chi connectivity index (χ0n) is 8.80. The molecule has 0 amide bonds. The Bertz CT molecular complexity index is 332. The average Bonchev–Trinajstić information content (AvgIpc) is 2.46. The SMILES string of the molecule is CNCC1C(c2cscc2Br)C1(C)C. The Hall–Kier alpha value is 0.140. The summed E-state index contributed by atoms with van der Waals surface area (Å²) in [7, 11) is 2.04. The van der Waals surface area contributed by atoms with Crippen molar-refractivity contribution in [2.45, 2.75) is 19.8 Å². The highest BCUT2D eigenvalue weighted by atomic mass is 79.9. The Kier molecular flexibility index (Phi) is 2.75. The van der Waals surface area contributed by atoms with Gasteiger partial charge in [0, 0.05) is 9.85 Å². The quantitative estimate of drug-likeness (QED) is 0.890. The zero-order valence-corrected chi connectivity index (χ0v) is 11.2. The van der Waals surface area contributed by atoms with Gasteiger partial charge < -0.3 is 5.32 Å². The molecule has 1 aliphatic rings. The van der Waals surface area contributed by atoms with E-state index >= 15 is 0 Å². The number of hydrogen-bond donors (Lipinski definition) is 1. The summed E-state index contributed by atoms with van der Waals surface area (Å²) < 4.78 is 1.29. The molecular formula is C11H16BrNS. The maximum absolute atomic E-state index is 3.63. The van der Waals surface area contributed by atoms with E-state index in [2.05, 4.69) is 45.9 Å². The molecule has 1 fully saturated rings. The smallest absolute Gasteiger partial charge is 0.0317 e. The van der Waals surface area contributed by atoms with Crippen LogP contribution >= 0.6 is 27.3 Å². The van der Waals surface area contributed by atoms with Gasteiger partial charge >= 0.3 is 0 Å². The Morgan fingerprint density at radius 1 is 1.50 bits per heavy atom. The van der Waals surface area contributed by atoms with Crippen molar-refractivity contribution in [1.29, 1.82) is 0 Å². The minimum absolute atomic E-state index is 0.465. The van der Waals surface area contributed by atoms with Crippen molar-refractivity contribution in [3.63, 3.8) is 0 Å². The lowest BCUT2D eigenvalue weighted by atomic mass is 10.1. The summed E-state index contributed by atoms with van der Waals surface area (Å²) in [4.78, 5) is 0. The Morgan fingerprint density at radius 2 is 2.21 bits per heavy atom. The normalized spacial score (nSPS) is 29.1. The fourth-order valence-corrected chi connectivity index (χ4v) is 4.06. The van der Waals surface area contributed by atoms with Crippen molar-refractivity contribution in [3.8, 4) is 0 Å². The van der Waals surface area contributed by atoms with Crippen LogP contribution in [0.25, 0.3) is 0 Å². The Balaban J connectivity index is 2.18. The topological polar surface area (TPSA) is 12.0 Å². The van der Waals surface area contributed by atoms with Gasteiger partial charge in [-0.15, -0.1) is 0 Å². The molecule has 1 aromatic rings. The largest absolute Gasteiger partial charge is 0.319 e. The fraction of sp³-hybridized carbons (Fsp3) is 0.636. The van der Waals surface area contributed by atoms with Crippen LogP contribution in [-0.4, -0.2) is 13.6 Å². The van der Waals surface area contributed by atoms with Crippen LogP contribution in [0, 0.1) is 11.3 Å². The summed E-state index contributed by atoms with van der Waals surface area (Å²) in [5.41, 5.74) is 1.97. The molecule has 0 spiro atoms. The van der Waals surface area contributed by atoms with Crippen LogP contribution in [0.5, 0.6) is 0 Å². The average molecular weight is 274 g/mol. The Morgan fingerprint density at radius 3 is 2.71 bits per heavy atom. The third kappa shape index (κ3) is 1.55. The molecule has 1 heterocycles. The summed E-state index contributed by atoms with van der Waals surface area (Å²) in [5, 5.41) is 7.75. The monoisotopic (exact) mass is 273 g/mol. The summed E-state index contributed by atoms with van der Waals surface area (Å²) in [6.07, 6.45) is 0. The van der Waals surface area contributed by atoms with Crippen molar-refractivity contribution in [2.24, 2.45) is 11.3 Å². The van der Waals surface area contributed by atoms with Gasteiger partial charge in [0.1, 0.15) is 0 Å². The van der Waals surface area contributed by atoms with Crippen LogP contribution in [0.15, 0.2) is 15.2 Å². The molecule has 1 aromatic heterocycles. The number of hydrogen-bond acceptors (Lipinski definition) is 2. The first-order valence-corrected chi connectivity index (χ1v) is 6.68. The lowest BCUT2D eigenvalue weighted by Crippen LogP contribution is -2.12. The first-order chi connectivity index (χ1) is 6.59. The van der Waals surface area contributed by atoms with E-state index in [4.69, 9.17) is 0 Å². The third-order valence-electron chi connectivity index (χ3n) is 3.45. The molecule has 14 heavy (non-hydrogen) atoms. The molecule has 0 radical (unpaired) electrons. The fourth-order valence-electron chi connectivity index (χ4n) is 2.48. The second-order valence-corrected chi connectivity index (χ2v) is 6.24. The van der Waals surface area contributed by atoms with Crippen molar-refractivity contribution in [1.82, 2.24) is 5.32 Å². The van der Waals surface area contributed by atoms with E-state index < -0.39 is 0 Å². The highest BCUT2D eigenvalue weighted by Crippen LogP contribution is 2.65. The van der Waals surface area contributed by atoms with Crippen LogP contribution in [0.1, 0.15) is 25.3 Å². The number of halogens is 1. The highest BCUT2D eigenvalue weighted by Gasteiger charge is 2.58. The summed E-state index contributed by atoms with van der Waals surface area (Å²) in [5.74, 6) is 1.52. The van der Waals surface area contributed by atoms with Crippen LogP contribution in [-0.2, 0) is 0 Å². The van der Waals surface area contributed by atoms with Crippen LogP contribution < -0.4 is 5.32 Å². The summed E-state index contributed by atoms with van der Waals surface area (Å²) in [6.45, 7) is 5.85. The van der Waals surface area contributed by atoms with E-state index in [1.54, 1.807) is 11.3 Å². The molecule has 3 heteroatoms. The maximum Gasteiger partial charge on any atom is 0.0317 e. The molecule has 1 saturated carbocycles. The van der Waals surface area contributed by atoms with Crippen molar-refractivity contribution in [3.05, 3.63) is 20.8 Å². The number of nitrogens with one attached hydrogen (secondary N) is 1. The van der Waals surface area contributed by atoms with E-state index in [9.17, 15) is 0 Å². The minimum atomic E-state index is 0.465. The second-order valence-electron chi connectivity index (χ2n) is 4.64. The van der Waals surface area contributed by atoms with Crippen molar-refractivity contribution in [2.75, 3.05) is 13.6 Å². The van der Waals surface area contributed by atoms with Gasteiger partial charge in [0.25, 0.3) is 0 Å². The van der Waals surface area contributed by atoms with Gasteiger partial charge in [0.05, 0.1) is 0 Å². The number of rotatable bonds is 3. The molecular weight excluding hydrogens is 258 g/mol. The molecule has 2 rings (SSSR count). The lowest BCUT2D eigenvalue weighted by molar-refractivity contribution is 0.536. The lowest BCUT2D eigenvalue weighted by Gasteiger charge is -2.00. The first-order valence-electron chi connectivity index (χ1n) is 4.95. The molecule has 0 bridgehead atoms. The molecule has 78 valence electrons. The predicted octanol–water partition coefficient (Wildman–Crippen LogP) is 3.47. The van der Waals surface area contributed by atoms with E-state index in [0.29, 0.717) is 5.41 Å². The standard InChI is InChI=1S/C11H16BrNS/c1-11(2)8(4-13-3)10(11)7-5-14-6-9(7)12/h5-6,8,10,13H,4H2,1-3H3. The van der Waals surface area contributed by atoms with Crippen molar-refractivity contribution >= 4 is 27.3 Å². The van der Waals surface area contributed by atoms with Gasteiger partial charge in [0.2, 0.25) is 0 Å². The van der Waals surface area contributed by atoms with Gasteiger partial charge in [-0.2, -0.15) is 11.3 Å². The molecule has 1 aliphatic carbocycles. The molecule has 2 atom stereocenters. The molecule has 1 nitrogen and oxygen atoms in total. The van der Waals surface area contributed by atoms with E-state index in [1.165, 1.54) is 10.0 Å². The summed E-state index contributed by atoms with van der Waals surface area (Å²) in [6, 6.07) is 0. The van der Waals surface area contributed by atoms with E-state index in [0.717, 1.165) is 18.4 Å². The minimum Gasteiger partial charge on any atom is -0.319 e. The zero-order chi connectivity index (χ0) is 10.3. The van der Waals surface area contributed by atoms with Gasteiger partial charge in [-0.3, -0.25) is 0 Å². The van der Waals surface area contributed by atoms with Gasteiger partial charge in [-0.05, 0) is 57.7 Å². The molecule has 1 N–H and O–H groups in total. The van der Waals surface area contributed by atoms with Gasteiger partial charge in [0.15, 0.2) is 0 Å². The number of thiophene rings is 1. The van der Waals surface area contributed by atoms with Crippen LogP contribution in [0.4, 0.5) is 0 Å². The van der Waals surface area contributed by atoms with Crippen LogP contribution in [0.3, 0.4) is 0 Å². The molecule has 0 saturated heterocycles. The van der Waals surface area contributed by atoms with Crippen molar-refractivity contribution < 1.29 is 0 Å². The highest BCUT2D eigenvalue weighted by molar-refractivity contribution is 9.10. The Labute approximate surface area is 98.0 Å². The molecule has 2 unspecified atom stereocenters.